The van der Waals surface area contributed by atoms with Gasteiger partial charge in [0.1, 0.15) is 5.82 Å². The second-order valence-corrected chi connectivity index (χ2v) is 7.00. The van der Waals surface area contributed by atoms with Crippen molar-refractivity contribution in [3.8, 4) is 5.82 Å². The molecule has 2 aromatic heterocycles. The first-order chi connectivity index (χ1) is 12.6. The monoisotopic (exact) mass is 348 g/mol. The van der Waals surface area contributed by atoms with Gasteiger partial charge >= 0.3 is 0 Å². The highest BCUT2D eigenvalue weighted by Crippen LogP contribution is 2.16. The molecule has 0 N–H and O–H groups in total. The minimum atomic E-state index is 0.895. The largest absolute Gasteiger partial charge is 0.308 e. The number of pyridine rings is 1. The number of aromatic nitrogens is 2. The zero-order chi connectivity index (χ0) is 18.4. The lowest BCUT2D eigenvalue weighted by molar-refractivity contribution is 0.222. The molecule has 0 saturated heterocycles. The first-order valence-corrected chi connectivity index (χ1v) is 9.13. The van der Waals surface area contributed by atoms with Crippen LogP contribution < -0.4 is 0 Å². The van der Waals surface area contributed by atoms with Gasteiger partial charge < -0.3 is 9.47 Å². The second kappa shape index (κ2) is 8.79. The summed E-state index contributed by atoms with van der Waals surface area (Å²) in [5.74, 6) is 0.968. The van der Waals surface area contributed by atoms with Gasteiger partial charge in [0.15, 0.2) is 0 Å². The average Bonchev–Trinajstić information content (AvgIpc) is 3.10. The van der Waals surface area contributed by atoms with Crippen molar-refractivity contribution >= 4 is 0 Å². The summed E-state index contributed by atoms with van der Waals surface area (Å²) in [7, 11) is 4.26. The maximum atomic E-state index is 4.50. The fraction of sp³-hybridized carbons (Fsp3) is 0.318. The molecular weight excluding hydrogens is 320 g/mol. The van der Waals surface area contributed by atoms with Crippen LogP contribution in [0.25, 0.3) is 5.82 Å². The van der Waals surface area contributed by atoms with Crippen LogP contribution in [-0.4, -0.2) is 46.5 Å². The van der Waals surface area contributed by atoms with Gasteiger partial charge in [-0.3, -0.25) is 4.90 Å². The fourth-order valence-electron chi connectivity index (χ4n) is 3.08. The number of nitrogens with zero attached hydrogens (tertiary/aromatic N) is 4. The van der Waals surface area contributed by atoms with E-state index in [1.807, 2.05) is 18.3 Å². The third-order valence-electron chi connectivity index (χ3n) is 4.63. The lowest BCUT2D eigenvalue weighted by atomic mass is 10.1. The van der Waals surface area contributed by atoms with Crippen molar-refractivity contribution in [3.05, 3.63) is 83.8 Å². The van der Waals surface area contributed by atoms with E-state index in [2.05, 4.69) is 89.0 Å². The van der Waals surface area contributed by atoms with Crippen LogP contribution in [0.1, 0.15) is 16.8 Å². The first-order valence-electron chi connectivity index (χ1n) is 9.13. The van der Waals surface area contributed by atoms with E-state index >= 15 is 0 Å². The van der Waals surface area contributed by atoms with E-state index in [0.717, 1.165) is 32.0 Å². The molecule has 4 nitrogen and oxygen atoms in total. The molecule has 0 bridgehead atoms. The molecule has 0 spiro atoms. The minimum Gasteiger partial charge on any atom is -0.308 e. The molecule has 3 aromatic rings. The number of hydrogen-bond acceptors (Lipinski definition) is 3. The number of aryl methyl sites for hydroxylation is 1. The standard InChI is InChI=1S/C22H28N4/c1-19-9-4-5-10-20(19)17-25(16-15-24(2)3)18-21-11-8-14-26(21)22-12-6-7-13-23-22/h4-14H,15-18H2,1-3H3. The minimum absolute atomic E-state index is 0.895. The molecule has 26 heavy (non-hydrogen) atoms. The summed E-state index contributed by atoms with van der Waals surface area (Å²) in [5, 5.41) is 0. The summed E-state index contributed by atoms with van der Waals surface area (Å²) in [6.45, 7) is 6.10. The zero-order valence-corrected chi connectivity index (χ0v) is 16.0. The first kappa shape index (κ1) is 18.4. The lowest BCUT2D eigenvalue weighted by Crippen LogP contribution is -2.32. The number of likely N-dealkylation sites (N-methyl/N-ethyl adjacent to an activating group) is 1. The van der Waals surface area contributed by atoms with Crippen LogP contribution in [0, 0.1) is 6.92 Å². The molecule has 0 aliphatic carbocycles. The summed E-state index contributed by atoms with van der Waals surface area (Å²) < 4.78 is 2.18. The van der Waals surface area contributed by atoms with Gasteiger partial charge in [-0.05, 0) is 56.4 Å². The normalized spacial score (nSPS) is 11.4. The SMILES string of the molecule is Cc1ccccc1CN(CCN(C)C)Cc1cccn1-c1ccccn1. The lowest BCUT2D eigenvalue weighted by Gasteiger charge is -2.25. The molecule has 0 atom stereocenters. The quantitative estimate of drug-likeness (QED) is 0.620. The van der Waals surface area contributed by atoms with Crippen molar-refractivity contribution in [2.75, 3.05) is 27.2 Å². The van der Waals surface area contributed by atoms with Crippen molar-refractivity contribution in [1.82, 2.24) is 19.4 Å². The van der Waals surface area contributed by atoms with Crippen LogP contribution in [0.3, 0.4) is 0 Å². The molecule has 136 valence electrons. The second-order valence-electron chi connectivity index (χ2n) is 7.00. The Labute approximate surface area is 156 Å². The van der Waals surface area contributed by atoms with Crippen LogP contribution in [0.15, 0.2) is 67.0 Å². The maximum Gasteiger partial charge on any atom is 0.136 e. The topological polar surface area (TPSA) is 24.3 Å². The van der Waals surface area contributed by atoms with E-state index in [1.54, 1.807) is 0 Å². The maximum absolute atomic E-state index is 4.50. The van der Waals surface area contributed by atoms with Gasteiger partial charge in [-0.2, -0.15) is 0 Å². The van der Waals surface area contributed by atoms with Crippen molar-refractivity contribution in [3.63, 3.8) is 0 Å². The van der Waals surface area contributed by atoms with Crippen LogP contribution in [0.5, 0.6) is 0 Å². The summed E-state index contributed by atoms with van der Waals surface area (Å²) in [5.41, 5.74) is 4.00. The van der Waals surface area contributed by atoms with E-state index in [9.17, 15) is 0 Å². The predicted octanol–water partition coefficient (Wildman–Crippen LogP) is 3.74. The predicted molar refractivity (Wildman–Crippen MR) is 107 cm³/mol. The van der Waals surface area contributed by atoms with E-state index in [0.29, 0.717) is 0 Å². The number of hydrogen-bond donors (Lipinski definition) is 0. The molecule has 2 heterocycles. The van der Waals surface area contributed by atoms with Crippen LogP contribution in [-0.2, 0) is 13.1 Å². The smallest absolute Gasteiger partial charge is 0.136 e. The molecule has 1 aromatic carbocycles. The summed E-state index contributed by atoms with van der Waals surface area (Å²) in [6, 6.07) is 19.0. The average molecular weight is 348 g/mol. The van der Waals surface area contributed by atoms with Gasteiger partial charge in [-0.1, -0.05) is 30.3 Å². The molecule has 0 radical (unpaired) electrons. The molecule has 4 heteroatoms. The Morgan fingerprint density at radius 3 is 2.42 bits per heavy atom. The fourth-order valence-corrected chi connectivity index (χ4v) is 3.08. The Balaban J connectivity index is 1.80. The zero-order valence-electron chi connectivity index (χ0n) is 16.0. The molecule has 0 aliphatic heterocycles. The molecule has 0 unspecified atom stereocenters. The Hall–Kier alpha value is -2.43. The highest BCUT2D eigenvalue weighted by atomic mass is 15.2. The highest BCUT2D eigenvalue weighted by Gasteiger charge is 2.12. The summed E-state index contributed by atoms with van der Waals surface area (Å²) >= 11 is 0. The van der Waals surface area contributed by atoms with Crippen molar-refractivity contribution in [2.45, 2.75) is 20.0 Å². The Morgan fingerprint density at radius 2 is 1.69 bits per heavy atom. The van der Waals surface area contributed by atoms with E-state index in [-0.39, 0.29) is 0 Å². The van der Waals surface area contributed by atoms with Gasteiger partial charge in [0.05, 0.1) is 0 Å². The van der Waals surface area contributed by atoms with Gasteiger partial charge in [0.2, 0.25) is 0 Å². The van der Waals surface area contributed by atoms with Crippen LogP contribution >= 0.6 is 0 Å². The number of benzene rings is 1. The Kier molecular flexibility index (Phi) is 6.21. The molecule has 0 aliphatic rings. The summed E-state index contributed by atoms with van der Waals surface area (Å²) in [6.07, 6.45) is 3.94. The summed E-state index contributed by atoms with van der Waals surface area (Å²) in [4.78, 5) is 9.25. The van der Waals surface area contributed by atoms with Crippen LogP contribution in [0.2, 0.25) is 0 Å². The van der Waals surface area contributed by atoms with Gasteiger partial charge in [-0.25, -0.2) is 4.98 Å². The molecule has 3 rings (SSSR count). The van der Waals surface area contributed by atoms with E-state index in [4.69, 9.17) is 0 Å². The van der Waals surface area contributed by atoms with Gasteiger partial charge in [0.25, 0.3) is 0 Å². The third-order valence-corrected chi connectivity index (χ3v) is 4.63. The highest BCUT2D eigenvalue weighted by molar-refractivity contribution is 5.28. The third kappa shape index (κ3) is 4.81. The Bertz CT molecular complexity index is 808. The van der Waals surface area contributed by atoms with Gasteiger partial charge in [0, 0.05) is 44.3 Å². The molecule has 0 amide bonds. The van der Waals surface area contributed by atoms with Crippen molar-refractivity contribution in [2.24, 2.45) is 0 Å². The molecule has 0 saturated carbocycles. The number of rotatable bonds is 8. The Morgan fingerprint density at radius 1 is 0.885 bits per heavy atom. The van der Waals surface area contributed by atoms with E-state index in [1.165, 1.54) is 16.8 Å². The van der Waals surface area contributed by atoms with E-state index < -0.39 is 0 Å². The molecule has 0 fully saturated rings. The van der Waals surface area contributed by atoms with Gasteiger partial charge in [-0.15, -0.1) is 0 Å². The molecular formula is C22H28N4. The van der Waals surface area contributed by atoms with Crippen molar-refractivity contribution in [1.29, 1.82) is 0 Å². The van der Waals surface area contributed by atoms with Crippen LogP contribution in [0.4, 0.5) is 0 Å². The van der Waals surface area contributed by atoms with Crippen molar-refractivity contribution < 1.29 is 0 Å².